The predicted octanol–water partition coefficient (Wildman–Crippen LogP) is 1.48. The monoisotopic (exact) mass is 277 g/mol. The molecule has 2 aromatic rings. The zero-order valence-corrected chi connectivity index (χ0v) is 11.1. The van der Waals surface area contributed by atoms with Crippen LogP contribution in [0.25, 0.3) is 0 Å². The van der Waals surface area contributed by atoms with Gasteiger partial charge in [-0.05, 0) is 29.3 Å². The quantitative estimate of drug-likeness (QED) is 0.867. The van der Waals surface area contributed by atoms with Gasteiger partial charge in [-0.25, -0.2) is 13.6 Å². The molecule has 0 aliphatic carbocycles. The van der Waals surface area contributed by atoms with Crippen LogP contribution in [0.2, 0.25) is 0 Å². The minimum absolute atomic E-state index is 0.143. The summed E-state index contributed by atoms with van der Waals surface area (Å²) in [6.07, 6.45) is 3.52. The Labute approximate surface area is 112 Å². The molecule has 0 aliphatic rings. The van der Waals surface area contributed by atoms with Crippen molar-refractivity contribution in [3.8, 4) is 0 Å². The minimum atomic E-state index is -3.47. The molecule has 1 heterocycles. The van der Waals surface area contributed by atoms with Gasteiger partial charge in [0, 0.05) is 24.6 Å². The van der Waals surface area contributed by atoms with Crippen LogP contribution in [0, 0.1) is 0 Å². The fraction of sp³-hybridized carbons (Fsp3) is 0.154. The largest absolute Gasteiger partial charge is 0.381 e. The molecule has 0 spiro atoms. The number of nitrogens with two attached hydrogens (primary N) is 1. The van der Waals surface area contributed by atoms with Gasteiger partial charge >= 0.3 is 0 Å². The molecule has 0 unspecified atom stereocenters. The summed E-state index contributed by atoms with van der Waals surface area (Å²) < 4.78 is 21.9. The van der Waals surface area contributed by atoms with Crippen LogP contribution >= 0.6 is 0 Å². The molecule has 1 aromatic heterocycles. The van der Waals surface area contributed by atoms with Crippen LogP contribution in [0.15, 0.2) is 48.8 Å². The maximum atomic E-state index is 11.0. The number of primary sulfonamides is 1. The smallest absolute Gasteiger partial charge is 0.213 e. The Kier molecular flexibility index (Phi) is 4.13. The lowest BCUT2D eigenvalue weighted by atomic mass is 10.2. The van der Waals surface area contributed by atoms with Crippen molar-refractivity contribution >= 4 is 15.7 Å². The molecule has 19 heavy (non-hydrogen) atoms. The highest BCUT2D eigenvalue weighted by Gasteiger charge is 2.04. The highest BCUT2D eigenvalue weighted by Crippen LogP contribution is 2.12. The third-order valence-corrected chi connectivity index (χ3v) is 3.28. The number of aromatic nitrogens is 1. The maximum absolute atomic E-state index is 11.0. The molecule has 2 rings (SSSR count). The van der Waals surface area contributed by atoms with Crippen LogP contribution in [-0.4, -0.2) is 13.4 Å². The highest BCUT2D eigenvalue weighted by atomic mass is 32.2. The number of hydrogen-bond donors (Lipinski definition) is 2. The molecule has 0 fully saturated rings. The summed E-state index contributed by atoms with van der Waals surface area (Å²) in [5.74, 6) is -0.143. The molecule has 3 N–H and O–H groups in total. The summed E-state index contributed by atoms with van der Waals surface area (Å²) in [4.78, 5) is 4.03. The molecule has 1 aromatic carbocycles. The fourth-order valence-electron chi connectivity index (χ4n) is 1.66. The van der Waals surface area contributed by atoms with Gasteiger partial charge in [0.05, 0.1) is 5.75 Å². The van der Waals surface area contributed by atoms with Crippen molar-refractivity contribution in [2.75, 3.05) is 5.32 Å². The SMILES string of the molecule is NS(=O)(=O)Cc1ccc(NCc2cccnc2)cc1. The molecule has 0 radical (unpaired) electrons. The van der Waals surface area contributed by atoms with Gasteiger partial charge in [0.25, 0.3) is 0 Å². The van der Waals surface area contributed by atoms with Gasteiger partial charge in [-0.3, -0.25) is 4.98 Å². The average Bonchev–Trinajstić information content (AvgIpc) is 2.37. The topological polar surface area (TPSA) is 85.1 Å². The summed E-state index contributed by atoms with van der Waals surface area (Å²) in [7, 11) is -3.47. The molecular weight excluding hydrogens is 262 g/mol. The summed E-state index contributed by atoms with van der Waals surface area (Å²) in [6.45, 7) is 0.669. The molecule has 5 nitrogen and oxygen atoms in total. The van der Waals surface area contributed by atoms with Crippen molar-refractivity contribution in [3.05, 3.63) is 59.9 Å². The van der Waals surface area contributed by atoms with Gasteiger partial charge in [0.15, 0.2) is 0 Å². The van der Waals surface area contributed by atoms with Gasteiger partial charge in [0.1, 0.15) is 0 Å². The van der Waals surface area contributed by atoms with Crippen molar-refractivity contribution < 1.29 is 8.42 Å². The minimum Gasteiger partial charge on any atom is -0.381 e. The van der Waals surface area contributed by atoms with E-state index in [0.717, 1.165) is 11.3 Å². The van der Waals surface area contributed by atoms with E-state index in [9.17, 15) is 8.42 Å². The Morgan fingerprint density at radius 3 is 2.42 bits per heavy atom. The van der Waals surface area contributed by atoms with E-state index in [4.69, 9.17) is 5.14 Å². The lowest BCUT2D eigenvalue weighted by Crippen LogP contribution is -2.14. The first kappa shape index (κ1) is 13.5. The highest BCUT2D eigenvalue weighted by molar-refractivity contribution is 7.88. The molecule has 0 amide bonds. The summed E-state index contributed by atoms with van der Waals surface area (Å²) in [6, 6.07) is 11.0. The van der Waals surface area contributed by atoms with E-state index in [1.165, 1.54) is 0 Å². The van der Waals surface area contributed by atoms with Gasteiger partial charge in [-0.15, -0.1) is 0 Å². The number of pyridine rings is 1. The summed E-state index contributed by atoms with van der Waals surface area (Å²) >= 11 is 0. The van der Waals surface area contributed by atoms with E-state index >= 15 is 0 Å². The number of nitrogens with zero attached hydrogens (tertiary/aromatic N) is 1. The molecule has 0 aliphatic heterocycles. The standard InChI is InChI=1S/C13H15N3O2S/c14-19(17,18)10-11-3-5-13(6-4-11)16-9-12-2-1-7-15-8-12/h1-8,16H,9-10H2,(H2,14,17,18). The number of sulfonamides is 1. The molecule has 100 valence electrons. The first-order valence-corrected chi connectivity index (χ1v) is 7.47. The van der Waals surface area contributed by atoms with Crippen LogP contribution in [0.4, 0.5) is 5.69 Å². The van der Waals surface area contributed by atoms with E-state index in [1.807, 2.05) is 24.3 Å². The van der Waals surface area contributed by atoms with Crippen LogP contribution in [0.5, 0.6) is 0 Å². The maximum Gasteiger partial charge on any atom is 0.213 e. The van der Waals surface area contributed by atoms with E-state index in [0.29, 0.717) is 12.1 Å². The van der Waals surface area contributed by atoms with E-state index in [2.05, 4.69) is 10.3 Å². The van der Waals surface area contributed by atoms with Gasteiger partial charge in [0.2, 0.25) is 10.0 Å². The Bertz CT molecular complexity index is 625. The normalized spacial score (nSPS) is 11.2. The molecule has 0 saturated heterocycles. The molecule has 6 heteroatoms. The Morgan fingerprint density at radius 2 is 1.84 bits per heavy atom. The van der Waals surface area contributed by atoms with E-state index in [1.54, 1.807) is 24.5 Å². The van der Waals surface area contributed by atoms with Crippen molar-refractivity contribution in [3.63, 3.8) is 0 Å². The molecule has 0 bridgehead atoms. The number of nitrogens with one attached hydrogen (secondary N) is 1. The molecule has 0 saturated carbocycles. The van der Waals surface area contributed by atoms with Crippen molar-refractivity contribution in [2.45, 2.75) is 12.3 Å². The van der Waals surface area contributed by atoms with Crippen LogP contribution in [0.1, 0.15) is 11.1 Å². The van der Waals surface area contributed by atoms with Crippen LogP contribution in [0.3, 0.4) is 0 Å². The third kappa shape index (κ3) is 4.69. The molecular formula is C13H15N3O2S. The van der Waals surface area contributed by atoms with Crippen molar-refractivity contribution in [2.24, 2.45) is 5.14 Å². The van der Waals surface area contributed by atoms with E-state index in [-0.39, 0.29) is 5.75 Å². The first-order valence-electron chi connectivity index (χ1n) is 5.75. The van der Waals surface area contributed by atoms with Gasteiger partial charge in [-0.2, -0.15) is 0 Å². The van der Waals surface area contributed by atoms with Gasteiger partial charge < -0.3 is 5.32 Å². The third-order valence-electron chi connectivity index (χ3n) is 2.54. The average molecular weight is 277 g/mol. The predicted molar refractivity (Wildman–Crippen MR) is 74.8 cm³/mol. The lowest BCUT2D eigenvalue weighted by Gasteiger charge is -2.07. The number of anilines is 1. The van der Waals surface area contributed by atoms with Gasteiger partial charge in [-0.1, -0.05) is 18.2 Å². The Morgan fingerprint density at radius 1 is 1.11 bits per heavy atom. The molecule has 0 atom stereocenters. The fourth-order valence-corrected chi connectivity index (χ4v) is 2.32. The zero-order valence-electron chi connectivity index (χ0n) is 10.3. The Balaban J connectivity index is 1.96. The zero-order chi connectivity index (χ0) is 13.7. The van der Waals surface area contributed by atoms with Crippen LogP contribution in [-0.2, 0) is 22.3 Å². The second kappa shape index (κ2) is 5.81. The van der Waals surface area contributed by atoms with Crippen molar-refractivity contribution in [1.29, 1.82) is 0 Å². The summed E-state index contributed by atoms with van der Waals surface area (Å²) in [5.41, 5.74) is 2.67. The first-order chi connectivity index (χ1) is 9.03. The summed E-state index contributed by atoms with van der Waals surface area (Å²) in [5, 5.41) is 8.22. The number of rotatable bonds is 5. The lowest BCUT2D eigenvalue weighted by molar-refractivity contribution is 0.597. The van der Waals surface area contributed by atoms with Crippen LogP contribution < -0.4 is 10.5 Å². The number of benzene rings is 1. The second-order valence-electron chi connectivity index (χ2n) is 4.22. The number of hydrogen-bond acceptors (Lipinski definition) is 4. The second-order valence-corrected chi connectivity index (χ2v) is 5.83. The van der Waals surface area contributed by atoms with Crippen molar-refractivity contribution in [1.82, 2.24) is 4.98 Å². The Hall–Kier alpha value is -1.92. The van der Waals surface area contributed by atoms with E-state index < -0.39 is 10.0 Å².